The van der Waals surface area contributed by atoms with Gasteiger partial charge in [-0.1, -0.05) is 5.21 Å². The van der Waals surface area contributed by atoms with Gasteiger partial charge in [-0.3, -0.25) is 4.79 Å². The maximum absolute atomic E-state index is 12.9. The molecule has 1 aliphatic rings. The maximum atomic E-state index is 12.9. The summed E-state index contributed by atoms with van der Waals surface area (Å²) in [4.78, 5) is 12.2. The Balaban J connectivity index is 1.63. The molecule has 1 saturated carbocycles. The molecule has 0 bridgehead atoms. The van der Waals surface area contributed by atoms with Crippen LogP contribution in [-0.2, 0) is 12.7 Å². The molecule has 0 radical (unpaired) electrons. The summed E-state index contributed by atoms with van der Waals surface area (Å²) < 4.78 is 45.0. The highest BCUT2D eigenvalue weighted by Gasteiger charge is 2.38. The van der Waals surface area contributed by atoms with Crippen molar-refractivity contribution in [3.05, 3.63) is 35.0 Å². The topological polar surface area (TPSA) is 99.0 Å². The average molecular weight is 371 g/mol. The van der Waals surface area contributed by atoms with Crippen LogP contribution in [0.4, 0.5) is 13.2 Å². The quantitative estimate of drug-likeness (QED) is 0.861. The van der Waals surface area contributed by atoms with E-state index in [9.17, 15) is 18.0 Å². The molecule has 2 aromatic rings. The molecule has 142 valence electrons. The Morgan fingerprint density at radius 2 is 2.08 bits per heavy atom. The van der Waals surface area contributed by atoms with E-state index in [1.54, 1.807) is 4.68 Å². The van der Waals surface area contributed by atoms with E-state index in [-0.39, 0.29) is 35.6 Å². The predicted molar refractivity (Wildman–Crippen MR) is 85.1 cm³/mol. The third-order valence-electron chi connectivity index (χ3n) is 4.49. The first kappa shape index (κ1) is 18.4. The molecule has 26 heavy (non-hydrogen) atoms. The van der Waals surface area contributed by atoms with Crippen LogP contribution >= 0.6 is 0 Å². The fourth-order valence-electron chi connectivity index (χ4n) is 3.13. The zero-order valence-electron chi connectivity index (χ0n) is 14.2. The second-order valence-electron chi connectivity index (χ2n) is 6.54. The standard InChI is InChI=1S/C16H20F3N5O2/c1-9-6-10(14(26-9)16(17,18)19)7-21-15(25)13-8-24(23-22-13)12-4-2-11(20)3-5-12/h6,8,11-12H,2-5,7,20H2,1H3,(H,21,25). The van der Waals surface area contributed by atoms with Gasteiger partial charge in [0.2, 0.25) is 5.76 Å². The van der Waals surface area contributed by atoms with Crippen LogP contribution in [0.3, 0.4) is 0 Å². The van der Waals surface area contributed by atoms with Crippen molar-refractivity contribution in [1.82, 2.24) is 20.3 Å². The van der Waals surface area contributed by atoms with Crippen LogP contribution in [0.5, 0.6) is 0 Å². The van der Waals surface area contributed by atoms with Gasteiger partial charge in [-0.15, -0.1) is 5.10 Å². The number of aromatic nitrogens is 3. The van der Waals surface area contributed by atoms with Gasteiger partial charge in [-0.05, 0) is 38.7 Å². The number of carbonyl (C=O) groups is 1. The van der Waals surface area contributed by atoms with E-state index in [2.05, 4.69) is 15.6 Å². The highest BCUT2D eigenvalue weighted by atomic mass is 19.4. The Morgan fingerprint density at radius 1 is 1.38 bits per heavy atom. The SMILES string of the molecule is Cc1cc(CNC(=O)c2cn(C3CCC(N)CC3)nn2)c(C(F)(F)F)o1. The predicted octanol–water partition coefficient (Wildman–Crippen LogP) is 2.57. The summed E-state index contributed by atoms with van der Waals surface area (Å²) in [6, 6.07) is 1.58. The fraction of sp³-hybridized carbons (Fsp3) is 0.562. The van der Waals surface area contributed by atoms with Crippen molar-refractivity contribution in [3.63, 3.8) is 0 Å². The number of rotatable bonds is 4. The number of hydrogen-bond donors (Lipinski definition) is 2. The molecule has 10 heteroatoms. The number of nitrogens with two attached hydrogens (primary N) is 1. The molecular formula is C16H20F3N5O2. The van der Waals surface area contributed by atoms with Crippen LogP contribution < -0.4 is 11.1 Å². The number of amides is 1. The Hall–Kier alpha value is -2.36. The number of carbonyl (C=O) groups excluding carboxylic acids is 1. The van der Waals surface area contributed by atoms with E-state index in [1.165, 1.54) is 19.2 Å². The summed E-state index contributed by atoms with van der Waals surface area (Å²) >= 11 is 0. The minimum atomic E-state index is -4.61. The molecule has 0 atom stereocenters. The molecule has 1 amide bonds. The van der Waals surface area contributed by atoms with Crippen molar-refractivity contribution < 1.29 is 22.4 Å². The highest BCUT2D eigenvalue weighted by molar-refractivity contribution is 5.91. The second-order valence-corrected chi connectivity index (χ2v) is 6.54. The molecule has 0 aromatic carbocycles. The molecule has 1 fully saturated rings. The lowest BCUT2D eigenvalue weighted by Crippen LogP contribution is -2.28. The second kappa shape index (κ2) is 7.10. The van der Waals surface area contributed by atoms with Gasteiger partial charge in [0, 0.05) is 18.2 Å². The number of hydrogen-bond acceptors (Lipinski definition) is 5. The molecule has 0 spiro atoms. The van der Waals surface area contributed by atoms with E-state index in [0.717, 1.165) is 25.7 Å². The molecule has 0 aliphatic heterocycles. The first-order valence-corrected chi connectivity index (χ1v) is 8.36. The zero-order chi connectivity index (χ0) is 18.9. The average Bonchev–Trinajstić information content (AvgIpc) is 3.20. The zero-order valence-corrected chi connectivity index (χ0v) is 14.2. The van der Waals surface area contributed by atoms with Gasteiger partial charge in [0.15, 0.2) is 5.69 Å². The minimum absolute atomic E-state index is 0.0636. The summed E-state index contributed by atoms with van der Waals surface area (Å²) in [5.41, 5.74) is 5.81. The van der Waals surface area contributed by atoms with Crippen molar-refractivity contribution in [2.24, 2.45) is 5.73 Å². The van der Waals surface area contributed by atoms with Gasteiger partial charge in [0.05, 0.1) is 12.2 Å². The van der Waals surface area contributed by atoms with E-state index in [4.69, 9.17) is 10.2 Å². The molecule has 2 aromatic heterocycles. The first-order chi connectivity index (χ1) is 12.2. The normalized spacial score (nSPS) is 21.0. The lowest BCUT2D eigenvalue weighted by molar-refractivity contribution is -0.154. The molecule has 2 heterocycles. The summed E-state index contributed by atoms with van der Waals surface area (Å²) in [6.45, 7) is 1.11. The molecular weight excluding hydrogens is 351 g/mol. The van der Waals surface area contributed by atoms with Crippen molar-refractivity contribution >= 4 is 5.91 Å². The molecule has 0 saturated heterocycles. The molecule has 0 unspecified atom stereocenters. The van der Waals surface area contributed by atoms with Gasteiger partial charge >= 0.3 is 6.18 Å². The Labute approximate surface area is 147 Å². The fourth-order valence-corrected chi connectivity index (χ4v) is 3.13. The van der Waals surface area contributed by atoms with Gasteiger partial charge < -0.3 is 15.5 Å². The Bertz CT molecular complexity index is 775. The Kier molecular flexibility index (Phi) is 5.03. The van der Waals surface area contributed by atoms with Crippen LogP contribution in [0.1, 0.15) is 59.3 Å². The number of furan rings is 1. The largest absolute Gasteiger partial charge is 0.456 e. The lowest BCUT2D eigenvalue weighted by Gasteiger charge is -2.25. The van der Waals surface area contributed by atoms with E-state index < -0.39 is 17.8 Å². The van der Waals surface area contributed by atoms with E-state index in [0.29, 0.717) is 0 Å². The van der Waals surface area contributed by atoms with Gasteiger partial charge in [-0.2, -0.15) is 13.2 Å². The number of aryl methyl sites for hydroxylation is 1. The van der Waals surface area contributed by atoms with Crippen LogP contribution in [0.2, 0.25) is 0 Å². The lowest BCUT2D eigenvalue weighted by atomic mass is 9.92. The number of nitrogens with zero attached hydrogens (tertiary/aromatic N) is 3. The number of nitrogens with one attached hydrogen (secondary N) is 1. The van der Waals surface area contributed by atoms with Gasteiger partial charge in [0.1, 0.15) is 5.76 Å². The Morgan fingerprint density at radius 3 is 2.73 bits per heavy atom. The third kappa shape index (κ3) is 4.06. The third-order valence-corrected chi connectivity index (χ3v) is 4.49. The summed E-state index contributed by atoms with van der Waals surface area (Å²) in [7, 11) is 0. The van der Waals surface area contributed by atoms with E-state index in [1.807, 2.05) is 0 Å². The van der Waals surface area contributed by atoms with E-state index >= 15 is 0 Å². The van der Waals surface area contributed by atoms with Crippen LogP contribution in [0.15, 0.2) is 16.7 Å². The number of halogens is 3. The van der Waals surface area contributed by atoms with Crippen molar-refractivity contribution in [3.8, 4) is 0 Å². The van der Waals surface area contributed by atoms with Crippen LogP contribution in [0.25, 0.3) is 0 Å². The van der Waals surface area contributed by atoms with Gasteiger partial charge in [0.25, 0.3) is 5.91 Å². The monoisotopic (exact) mass is 371 g/mol. The van der Waals surface area contributed by atoms with Crippen LogP contribution in [-0.4, -0.2) is 26.9 Å². The van der Waals surface area contributed by atoms with Crippen molar-refractivity contribution in [2.45, 2.75) is 57.4 Å². The maximum Gasteiger partial charge on any atom is 0.449 e. The summed E-state index contributed by atoms with van der Waals surface area (Å²) in [6.07, 6.45) is 0.378. The smallest absolute Gasteiger partial charge is 0.449 e. The highest BCUT2D eigenvalue weighted by Crippen LogP contribution is 2.34. The van der Waals surface area contributed by atoms with Crippen molar-refractivity contribution in [1.29, 1.82) is 0 Å². The number of alkyl halides is 3. The summed E-state index contributed by atoms with van der Waals surface area (Å²) in [5, 5.41) is 10.2. The molecule has 1 aliphatic carbocycles. The molecule has 3 N–H and O–H groups in total. The van der Waals surface area contributed by atoms with Gasteiger partial charge in [-0.25, -0.2) is 4.68 Å². The molecule has 3 rings (SSSR count). The molecule has 7 nitrogen and oxygen atoms in total. The first-order valence-electron chi connectivity index (χ1n) is 8.36. The summed E-state index contributed by atoms with van der Waals surface area (Å²) in [5.74, 6) is -1.56. The minimum Gasteiger partial charge on any atom is -0.456 e. The van der Waals surface area contributed by atoms with Crippen molar-refractivity contribution in [2.75, 3.05) is 0 Å². The van der Waals surface area contributed by atoms with Crippen LogP contribution in [0, 0.1) is 6.92 Å².